The summed E-state index contributed by atoms with van der Waals surface area (Å²) in [5.41, 5.74) is 1.26. The first kappa shape index (κ1) is 18.7. The molecule has 8 heteroatoms. The van der Waals surface area contributed by atoms with E-state index in [-0.39, 0.29) is 6.61 Å². The van der Waals surface area contributed by atoms with E-state index < -0.39 is 17.9 Å². The van der Waals surface area contributed by atoms with Crippen molar-refractivity contribution < 1.29 is 19.0 Å². The minimum atomic E-state index is -0.656. The summed E-state index contributed by atoms with van der Waals surface area (Å²) >= 11 is 8.65. The van der Waals surface area contributed by atoms with Crippen LogP contribution in [0.2, 0.25) is 0 Å². The number of halogens is 1. The van der Waals surface area contributed by atoms with E-state index in [0.29, 0.717) is 23.2 Å². The van der Waals surface area contributed by atoms with Gasteiger partial charge < -0.3 is 24.8 Å². The number of nitrogens with one attached hydrogen (secondary N) is 2. The number of esters is 1. The molecule has 1 aliphatic heterocycles. The van der Waals surface area contributed by atoms with Crippen LogP contribution in [0.15, 0.2) is 34.9 Å². The molecule has 0 spiro atoms. The Hall–Kier alpha value is -1.64. The SMILES string of the molecule is C=C1NC(=S)N[C@@H](c2cc(Br)ccc2OC)[C@@H]1C(=O)OCCOC. The van der Waals surface area contributed by atoms with Gasteiger partial charge >= 0.3 is 5.97 Å². The second-order valence-corrected chi connectivity index (χ2v) is 6.45. The van der Waals surface area contributed by atoms with Crippen molar-refractivity contribution in [3.8, 4) is 5.75 Å². The largest absolute Gasteiger partial charge is 0.496 e. The van der Waals surface area contributed by atoms with E-state index in [2.05, 4.69) is 33.1 Å². The number of methoxy groups -OCH3 is 2. The highest BCUT2D eigenvalue weighted by atomic mass is 79.9. The zero-order valence-electron chi connectivity index (χ0n) is 13.4. The van der Waals surface area contributed by atoms with E-state index in [4.69, 9.17) is 26.4 Å². The molecule has 0 amide bonds. The zero-order chi connectivity index (χ0) is 17.7. The molecule has 0 aromatic heterocycles. The lowest BCUT2D eigenvalue weighted by Crippen LogP contribution is -2.51. The third-order valence-corrected chi connectivity index (χ3v) is 4.30. The summed E-state index contributed by atoms with van der Waals surface area (Å²) in [4.78, 5) is 12.5. The Bertz CT molecular complexity index is 653. The Morgan fingerprint density at radius 2 is 2.12 bits per heavy atom. The van der Waals surface area contributed by atoms with Crippen molar-refractivity contribution >= 4 is 39.2 Å². The Kier molecular flexibility index (Phi) is 6.59. The van der Waals surface area contributed by atoms with E-state index in [1.54, 1.807) is 14.2 Å². The van der Waals surface area contributed by atoms with Crippen molar-refractivity contribution in [2.75, 3.05) is 27.4 Å². The third kappa shape index (κ3) is 4.25. The predicted octanol–water partition coefficient (Wildman–Crippen LogP) is 2.30. The van der Waals surface area contributed by atoms with Crippen molar-refractivity contribution in [3.63, 3.8) is 0 Å². The van der Waals surface area contributed by atoms with Crippen molar-refractivity contribution in [2.45, 2.75) is 6.04 Å². The van der Waals surface area contributed by atoms with Gasteiger partial charge in [-0.15, -0.1) is 0 Å². The average Bonchev–Trinajstić information content (AvgIpc) is 2.54. The van der Waals surface area contributed by atoms with Crippen molar-refractivity contribution in [2.24, 2.45) is 5.92 Å². The lowest BCUT2D eigenvalue weighted by Gasteiger charge is -2.35. The van der Waals surface area contributed by atoms with Crippen LogP contribution >= 0.6 is 28.1 Å². The first-order valence-electron chi connectivity index (χ1n) is 7.23. The molecule has 2 N–H and O–H groups in total. The van der Waals surface area contributed by atoms with E-state index in [1.165, 1.54) is 0 Å². The fourth-order valence-electron chi connectivity index (χ4n) is 2.48. The molecule has 2 rings (SSSR count). The van der Waals surface area contributed by atoms with Gasteiger partial charge in [0.05, 0.1) is 19.8 Å². The maximum absolute atomic E-state index is 12.5. The molecular formula is C16H19BrN2O4S. The van der Waals surface area contributed by atoms with Gasteiger partial charge in [-0.2, -0.15) is 0 Å². The Labute approximate surface area is 154 Å². The fraction of sp³-hybridized carbons (Fsp3) is 0.375. The lowest BCUT2D eigenvalue weighted by atomic mass is 9.88. The van der Waals surface area contributed by atoms with E-state index in [9.17, 15) is 4.79 Å². The topological polar surface area (TPSA) is 68.8 Å². The normalized spacial score (nSPS) is 20.1. The van der Waals surface area contributed by atoms with E-state index >= 15 is 0 Å². The summed E-state index contributed by atoms with van der Waals surface area (Å²) < 4.78 is 16.5. The standard InChI is InChI=1S/C16H19BrN2O4S/c1-9-13(15(20)23-7-6-21-2)14(19-16(24)18-9)11-8-10(17)4-5-12(11)22-3/h4-5,8,13-14H,1,6-7H2,2-3H3,(H2,18,19,24)/t13-,14+/m1/s1. The third-order valence-electron chi connectivity index (χ3n) is 3.58. The maximum Gasteiger partial charge on any atom is 0.317 e. The molecule has 24 heavy (non-hydrogen) atoms. The highest BCUT2D eigenvalue weighted by Crippen LogP contribution is 2.36. The number of rotatable bonds is 6. The molecule has 130 valence electrons. The van der Waals surface area contributed by atoms with Crippen LogP contribution in [0.25, 0.3) is 0 Å². The number of hydrogen-bond acceptors (Lipinski definition) is 5. The summed E-state index contributed by atoms with van der Waals surface area (Å²) in [6, 6.07) is 5.12. The average molecular weight is 415 g/mol. The number of hydrogen-bond donors (Lipinski definition) is 2. The van der Waals surface area contributed by atoms with Crippen LogP contribution in [0, 0.1) is 5.92 Å². The van der Waals surface area contributed by atoms with Gasteiger partial charge in [0.1, 0.15) is 18.3 Å². The Morgan fingerprint density at radius 3 is 2.79 bits per heavy atom. The molecule has 1 heterocycles. The van der Waals surface area contributed by atoms with Gasteiger partial charge in [-0.1, -0.05) is 22.5 Å². The minimum Gasteiger partial charge on any atom is -0.496 e. The summed E-state index contributed by atoms with van der Waals surface area (Å²) in [5, 5.41) is 6.40. The molecule has 0 unspecified atom stereocenters. The van der Waals surface area contributed by atoms with Gasteiger partial charge in [0.25, 0.3) is 0 Å². The smallest absolute Gasteiger partial charge is 0.317 e. The quantitative estimate of drug-likeness (QED) is 0.420. The number of carbonyl (C=O) groups excluding carboxylic acids is 1. The summed E-state index contributed by atoms with van der Waals surface area (Å²) in [7, 11) is 3.12. The van der Waals surface area contributed by atoms with Crippen molar-refractivity contribution in [1.29, 1.82) is 0 Å². The second kappa shape index (κ2) is 8.46. The number of carbonyl (C=O) groups is 1. The van der Waals surface area contributed by atoms with Crippen LogP contribution in [0.3, 0.4) is 0 Å². The summed E-state index contributed by atoms with van der Waals surface area (Å²) in [6.45, 7) is 4.43. The first-order valence-corrected chi connectivity index (χ1v) is 8.43. The number of ether oxygens (including phenoxy) is 3. The van der Waals surface area contributed by atoms with Crippen LogP contribution in [0.5, 0.6) is 5.75 Å². The van der Waals surface area contributed by atoms with Gasteiger partial charge in [0.2, 0.25) is 0 Å². The van der Waals surface area contributed by atoms with Crippen molar-refractivity contribution in [3.05, 3.63) is 40.5 Å². The van der Waals surface area contributed by atoms with Crippen molar-refractivity contribution in [1.82, 2.24) is 10.6 Å². The molecule has 0 saturated carbocycles. The molecule has 0 radical (unpaired) electrons. The first-order chi connectivity index (χ1) is 11.5. The van der Waals surface area contributed by atoms with Gasteiger partial charge in [-0.3, -0.25) is 4.79 Å². The Morgan fingerprint density at radius 1 is 1.38 bits per heavy atom. The van der Waals surface area contributed by atoms with Gasteiger partial charge in [-0.05, 0) is 30.4 Å². The van der Waals surface area contributed by atoms with Crippen LogP contribution < -0.4 is 15.4 Å². The minimum absolute atomic E-state index is 0.173. The number of thiocarbonyl (C=S) groups is 1. The Balaban J connectivity index is 2.35. The molecule has 1 aromatic rings. The molecule has 1 saturated heterocycles. The fourth-order valence-corrected chi connectivity index (χ4v) is 3.12. The van der Waals surface area contributed by atoms with Crippen LogP contribution in [-0.4, -0.2) is 38.5 Å². The van der Waals surface area contributed by atoms with E-state index in [1.807, 2.05) is 18.2 Å². The molecular weight excluding hydrogens is 396 g/mol. The zero-order valence-corrected chi connectivity index (χ0v) is 15.8. The highest BCUT2D eigenvalue weighted by Gasteiger charge is 2.39. The summed E-state index contributed by atoms with van der Waals surface area (Å²) in [6.07, 6.45) is 0. The molecule has 1 aliphatic rings. The molecule has 2 atom stereocenters. The molecule has 1 aromatic carbocycles. The predicted molar refractivity (Wildman–Crippen MR) is 97.8 cm³/mol. The van der Waals surface area contributed by atoms with Gasteiger partial charge in [0, 0.05) is 22.8 Å². The van der Waals surface area contributed by atoms with Crippen LogP contribution in [-0.2, 0) is 14.3 Å². The molecule has 0 bridgehead atoms. The molecule has 6 nitrogen and oxygen atoms in total. The van der Waals surface area contributed by atoms with Gasteiger partial charge in [-0.25, -0.2) is 0 Å². The van der Waals surface area contributed by atoms with E-state index in [0.717, 1.165) is 10.0 Å². The van der Waals surface area contributed by atoms with Crippen LogP contribution in [0.1, 0.15) is 11.6 Å². The van der Waals surface area contributed by atoms with Crippen LogP contribution in [0.4, 0.5) is 0 Å². The number of benzene rings is 1. The monoisotopic (exact) mass is 414 g/mol. The second-order valence-electron chi connectivity index (χ2n) is 5.13. The molecule has 0 aliphatic carbocycles. The summed E-state index contributed by atoms with van der Waals surface area (Å²) in [5.74, 6) is -0.425. The maximum atomic E-state index is 12.5. The lowest BCUT2D eigenvalue weighted by molar-refractivity contribution is -0.149. The molecule has 1 fully saturated rings. The highest BCUT2D eigenvalue weighted by molar-refractivity contribution is 9.10. The van der Waals surface area contributed by atoms with Gasteiger partial charge in [0.15, 0.2) is 5.11 Å².